The summed E-state index contributed by atoms with van der Waals surface area (Å²) in [5, 5.41) is 2.40. The first-order valence-corrected chi connectivity index (χ1v) is 5.53. The van der Waals surface area contributed by atoms with Gasteiger partial charge < -0.3 is 4.74 Å². The number of fused-ring (bicyclic) bond motifs is 1. The zero-order chi connectivity index (χ0) is 10.7. The van der Waals surface area contributed by atoms with Crippen LogP contribution in [-0.2, 0) is 0 Å². The second-order valence-electron chi connectivity index (χ2n) is 3.46. The van der Waals surface area contributed by atoms with Crippen LogP contribution in [0.5, 0.6) is 5.75 Å². The smallest absolute Gasteiger partial charge is 0.127 e. The summed E-state index contributed by atoms with van der Waals surface area (Å²) < 4.78 is 5.59. The minimum absolute atomic E-state index is 0.516. The maximum atomic E-state index is 5.61. The van der Waals surface area contributed by atoms with Crippen molar-refractivity contribution in [2.45, 2.75) is 6.92 Å². The lowest BCUT2D eigenvalue weighted by Crippen LogP contribution is -1.98. The fourth-order valence-electron chi connectivity index (χ4n) is 1.70. The van der Waals surface area contributed by atoms with Crippen molar-refractivity contribution >= 4 is 22.4 Å². The van der Waals surface area contributed by atoms with Crippen LogP contribution >= 0.6 is 11.6 Å². The van der Waals surface area contributed by atoms with Gasteiger partial charge in [-0.2, -0.15) is 0 Å². The van der Waals surface area contributed by atoms with Crippen molar-refractivity contribution in [2.75, 3.05) is 12.5 Å². The van der Waals surface area contributed by atoms with Crippen LogP contribution in [0.1, 0.15) is 5.56 Å². The van der Waals surface area contributed by atoms with Gasteiger partial charge >= 0.3 is 0 Å². The third kappa shape index (κ3) is 2.07. The van der Waals surface area contributed by atoms with E-state index in [9.17, 15) is 0 Å². The van der Waals surface area contributed by atoms with Gasteiger partial charge in [0, 0.05) is 5.39 Å². The van der Waals surface area contributed by atoms with Gasteiger partial charge in [0.05, 0.1) is 5.88 Å². The lowest BCUT2D eigenvalue weighted by molar-refractivity contribution is 0.347. The van der Waals surface area contributed by atoms with E-state index in [2.05, 4.69) is 25.1 Å². The van der Waals surface area contributed by atoms with Gasteiger partial charge in [-0.1, -0.05) is 30.3 Å². The van der Waals surface area contributed by atoms with E-state index in [-0.39, 0.29) is 0 Å². The average molecular weight is 221 g/mol. The molecule has 0 atom stereocenters. The molecule has 2 heteroatoms. The molecule has 0 heterocycles. The normalized spacial score (nSPS) is 10.5. The predicted octanol–water partition coefficient (Wildman–Crippen LogP) is 3.77. The van der Waals surface area contributed by atoms with Crippen molar-refractivity contribution in [1.29, 1.82) is 0 Å². The Morgan fingerprint density at radius 2 is 1.80 bits per heavy atom. The van der Waals surface area contributed by atoms with E-state index in [0.29, 0.717) is 12.5 Å². The van der Waals surface area contributed by atoms with Crippen LogP contribution in [0.25, 0.3) is 10.8 Å². The fourth-order valence-corrected chi connectivity index (χ4v) is 1.77. The second kappa shape index (κ2) is 4.54. The van der Waals surface area contributed by atoms with E-state index < -0.39 is 0 Å². The summed E-state index contributed by atoms with van der Waals surface area (Å²) >= 11 is 5.61. The standard InChI is InChI=1S/C13H13ClO/c1-10-6-7-13(15-9-8-14)12-5-3-2-4-11(10)12/h2-7H,8-9H2,1H3. The van der Waals surface area contributed by atoms with Crippen molar-refractivity contribution in [3.8, 4) is 5.75 Å². The van der Waals surface area contributed by atoms with Gasteiger partial charge in [-0.15, -0.1) is 11.6 Å². The molecule has 2 rings (SSSR count). The summed E-state index contributed by atoms with van der Waals surface area (Å²) in [6.07, 6.45) is 0. The van der Waals surface area contributed by atoms with Gasteiger partial charge in [0.2, 0.25) is 0 Å². The van der Waals surface area contributed by atoms with E-state index in [1.807, 2.05) is 18.2 Å². The number of hydrogen-bond donors (Lipinski definition) is 0. The highest BCUT2D eigenvalue weighted by Gasteiger charge is 2.03. The number of alkyl halides is 1. The highest BCUT2D eigenvalue weighted by Crippen LogP contribution is 2.27. The molecular weight excluding hydrogens is 208 g/mol. The van der Waals surface area contributed by atoms with Crippen LogP contribution < -0.4 is 4.74 Å². The molecule has 0 aliphatic rings. The van der Waals surface area contributed by atoms with Crippen molar-refractivity contribution in [3.63, 3.8) is 0 Å². The largest absolute Gasteiger partial charge is 0.492 e. The molecule has 0 radical (unpaired) electrons. The summed E-state index contributed by atoms with van der Waals surface area (Å²) in [5.74, 6) is 1.43. The molecule has 0 aliphatic heterocycles. The molecule has 1 nitrogen and oxygen atoms in total. The van der Waals surface area contributed by atoms with E-state index >= 15 is 0 Å². The molecule has 0 spiro atoms. The van der Waals surface area contributed by atoms with Gasteiger partial charge in [0.25, 0.3) is 0 Å². The minimum Gasteiger partial charge on any atom is -0.492 e. The lowest BCUT2D eigenvalue weighted by atomic mass is 10.1. The van der Waals surface area contributed by atoms with E-state index in [4.69, 9.17) is 16.3 Å². The molecular formula is C13H13ClO. The molecule has 15 heavy (non-hydrogen) atoms. The molecule has 0 bridgehead atoms. The molecule has 0 saturated heterocycles. The average Bonchev–Trinajstić information content (AvgIpc) is 2.29. The Kier molecular flexibility index (Phi) is 3.12. The van der Waals surface area contributed by atoms with Gasteiger partial charge in [0.15, 0.2) is 0 Å². The molecule has 0 unspecified atom stereocenters. The summed E-state index contributed by atoms with van der Waals surface area (Å²) in [6, 6.07) is 12.3. The second-order valence-corrected chi connectivity index (χ2v) is 3.84. The first-order chi connectivity index (χ1) is 7.33. The van der Waals surface area contributed by atoms with E-state index in [1.54, 1.807) is 0 Å². The summed E-state index contributed by atoms with van der Waals surface area (Å²) in [4.78, 5) is 0. The van der Waals surface area contributed by atoms with Crippen molar-refractivity contribution in [2.24, 2.45) is 0 Å². The van der Waals surface area contributed by atoms with Crippen LogP contribution in [0.3, 0.4) is 0 Å². The zero-order valence-corrected chi connectivity index (χ0v) is 9.42. The van der Waals surface area contributed by atoms with Crippen molar-refractivity contribution < 1.29 is 4.74 Å². The SMILES string of the molecule is Cc1ccc(OCCCl)c2ccccc12. The van der Waals surface area contributed by atoms with Crippen molar-refractivity contribution in [1.82, 2.24) is 0 Å². The monoisotopic (exact) mass is 220 g/mol. The quantitative estimate of drug-likeness (QED) is 0.716. The van der Waals surface area contributed by atoms with Gasteiger partial charge in [-0.05, 0) is 23.9 Å². The molecule has 78 valence electrons. The first-order valence-electron chi connectivity index (χ1n) is 5.00. The molecule has 0 aliphatic carbocycles. The molecule has 0 amide bonds. The Hall–Kier alpha value is -1.21. The Morgan fingerprint density at radius 1 is 1.07 bits per heavy atom. The number of aryl methyl sites for hydroxylation is 1. The third-order valence-corrected chi connectivity index (χ3v) is 2.59. The van der Waals surface area contributed by atoms with Gasteiger partial charge in [0.1, 0.15) is 12.4 Å². The van der Waals surface area contributed by atoms with Crippen molar-refractivity contribution in [3.05, 3.63) is 42.0 Å². The highest BCUT2D eigenvalue weighted by molar-refractivity contribution is 6.18. The van der Waals surface area contributed by atoms with Gasteiger partial charge in [-0.3, -0.25) is 0 Å². The molecule has 0 fully saturated rings. The number of rotatable bonds is 3. The van der Waals surface area contributed by atoms with Crippen LogP contribution in [0, 0.1) is 6.92 Å². The molecule has 2 aromatic rings. The minimum atomic E-state index is 0.516. The Balaban J connectivity index is 2.51. The zero-order valence-electron chi connectivity index (χ0n) is 8.66. The number of halogens is 1. The molecule has 0 aromatic heterocycles. The maximum absolute atomic E-state index is 5.61. The van der Waals surface area contributed by atoms with Gasteiger partial charge in [-0.25, -0.2) is 0 Å². The number of benzene rings is 2. The molecule has 0 N–H and O–H groups in total. The maximum Gasteiger partial charge on any atom is 0.127 e. The summed E-state index contributed by atoms with van der Waals surface area (Å²) in [5.41, 5.74) is 1.27. The topological polar surface area (TPSA) is 9.23 Å². The van der Waals surface area contributed by atoms with Crippen LogP contribution in [0.2, 0.25) is 0 Å². The predicted molar refractivity (Wildman–Crippen MR) is 64.9 cm³/mol. The Labute approximate surface area is 94.6 Å². The summed E-state index contributed by atoms with van der Waals surface area (Å²) in [6.45, 7) is 2.66. The number of ether oxygens (including phenoxy) is 1. The number of hydrogen-bond acceptors (Lipinski definition) is 1. The van der Waals surface area contributed by atoms with E-state index in [1.165, 1.54) is 10.9 Å². The highest BCUT2D eigenvalue weighted by atomic mass is 35.5. The van der Waals surface area contributed by atoms with Crippen LogP contribution in [0.4, 0.5) is 0 Å². The van der Waals surface area contributed by atoms with E-state index in [0.717, 1.165) is 11.1 Å². The Morgan fingerprint density at radius 3 is 2.53 bits per heavy atom. The third-order valence-electron chi connectivity index (χ3n) is 2.44. The summed E-state index contributed by atoms with van der Waals surface area (Å²) in [7, 11) is 0. The molecule has 0 saturated carbocycles. The Bertz CT molecular complexity index is 465. The fraction of sp³-hybridized carbons (Fsp3) is 0.231. The first kappa shape index (κ1) is 10.3. The lowest BCUT2D eigenvalue weighted by Gasteiger charge is -2.09. The van der Waals surface area contributed by atoms with Crippen LogP contribution in [-0.4, -0.2) is 12.5 Å². The van der Waals surface area contributed by atoms with Crippen LogP contribution in [0.15, 0.2) is 36.4 Å². The molecule has 2 aromatic carbocycles.